The molecule has 0 heterocycles. The van der Waals surface area contributed by atoms with Crippen molar-refractivity contribution in [1.29, 1.82) is 0 Å². The lowest BCUT2D eigenvalue weighted by molar-refractivity contribution is 0.464. The van der Waals surface area contributed by atoms with Crippen molar-refractivity contribution >= 4 is 11.6 Å². The third-order valence-electron chi connectivity index (χ3n) is 4.15. The fourth-order valence-corrected chi connectivity index (χ4v) is 3.13. The Bertz CT molecular complexity index is 371. The van der Waals surface area contributed by atoms with Crippen LogP contribution >= 0.6 is 11.6 Å². The van der Waals surface area contributed by atoms with Crippen molar-refractivity contribution in [1.82, 2.24) is 5.32 Å². The highest BCUT2D eigenvalue weighted by Crippen LogP contribution is 2.22. The summed E-state index contributed by atoms with van der Waals surface area (Å²) in [4.78, 5) is 0. The van der Waals surface area contributed by atoms with Crippen molar-refractivity contribution in [3.63, 3.8) is 0 Å². The van der Waals surface area contributed by atoms with Crippen LogP contribution in [0.15, 0.2) is 24.3 Å². The van der Waals surface area contributed by atoms with Gasteiger partial charge in [-0.3, -0.25) is 0 Å². The number of benzene rings is 1. The predicted octanol–water partition coefficient (Wildman–Crippen LogP) is 4.84. The lowest BCUT2D eigenvalue weighted by atomic mass is 10.0. The Balaban J connectivity index is 1.87. The molecule has 0 bridgehead atoms. The molecule has 106 valence electrons. The summed E-state index contributed by atoms with van der Waals surface area (Å²) in [6.07, 6.45) is 6.32. The molecular weight excluding hydrogens is 254 g/mol. The van der Waals surface area contributed by atoms with E-state index in [0.717, 1.165) is 13.0 Å². The van der Waals surface area contributed by atoms with E-state index in [-0.39, 0.29) is 0 Å². The molecule has 2 rings (SSSR count). The Hall–Kier alpha value is -0.530. The lowest BCUT2D eigenvalue weighted by Crippen LogP contribution is -2.35. The number of hydrogen-bond acceptors (Lipinski definition) is 1. The van der Waals surface area contributed by atoms with Crippen LogP contribution in [0.4, 0.5) is 0 Å². The summed E-state index contributed by atoms with van der Waals surface area (Å²) in [7, 11) is 0. The highest BCUT2D eigenvalue weighted by molar-refractivity contribution is 6.21. The maximum Gasteiger partial charge on any atom is 0.0489 e. The number of nitrogens with one attached hydrogen (secondary N) is 1. The molecule has 0 amide bonds. The third-order valence-corrected chi connectivity index (χ3v) is 4.67. The first-order valence-corrected chi connectivity index (χ1v) is 8.07. The van der Waals surface area contributed by atoms with Crippen molar-refractivity contribution < 1.29 is 0 Å². The second-order valence-electron chi connectivity index (χ2n) is 6.04. The number of halogens is 1. The molecule has 2 atom stereocenters. The van der Waals surface area contributed by atoms with Gasteiger partial charge in [-0.2, -0.15) is 0 Å². The van der Waals surface area contributed by atoms with Crippen LogP contribution < -0.4 is 5.32 Å². The smallest absolute Gasteiger partial charge is 0.0489 e. The van der Waals surface area contributed by atoms with Gasteiger partial charge in [0.05, 0.1) is 0 Å². The molecule has 0 aliphatic heterocycles. The van der Waals surface area contributed by atoms with Crippen LogP contribution in [0.5, 0.6) is 0 Å². The molecule has 1 aliphatic rings. The summed E-state index contributed by atoms with van der Waals surface area (Å²) < 4.78 is 0. The number of hydrogen-bond donors (Lipinski definition) is 1. The van der Waals surface area contributed by atoms with Crippen molar-refractivity contribution in [2.45, 2.75) is 69.8 Å². The minimum atomic E-state index is 0.303. The topological polar surface area (TPSA) is 12.0 Å². The Kier molecular flexibility index (Phi) is 5.72. The molecule has 1 saturated carbocycles. The zero-order valence-electron chi connectivity index (χ0n) is 12.2. The SMILES string of the molecule is CC(C)c1ccc(CNC2CCCCCC2Cl)cc1. The maximum atomic E-state index is 6.46. The molecule has 1 N–H and O–H groups in total. The molecule has 1 aromatic rings. The standard InChI is InChI=1S/C17H26ClN/c1-13(2)15-10-8-14(9-11-15)12-19-17-7-5-3-4-6-16(17)18/h8-11,13,16-17,19H,3-7,12H2,1-2H3. The van der Waals surface area contributed by atoms with Crippen LogP contribution in [0.1, 0.15) is 63.0 Å². The van der Waals surface area contributed by atoms with Gasteiger partial charge in [0.2, 0.25) is 0 Å². The van der Waals surface area contributed by atoms with Gasteiger partial charge < -0.3 is 5.32 Å². The lowest BCUT2D eigenvalue weighted by Gasteiger charge is -2.21. The van der Waals surface area contributed by atoms with Gasteiger partial charge in [0.1, 0.15) is 0 Å². The Morgan fingerprint density at radius 2 is 1.79 bits per heavy atom. The number of alkyl halides is 1. The van der Waals surface area contributed by atoms with Crippen molar-refractivity contribution in [3.05, 3.63) is 35.4 Å². The van der Waals surface area contributed by atoms with Gasteiger partial charge in [-0.05, 0) is 29.9 Å². The summed E-state index contributed by atoms with van der Waals surface area (Å²) in [6, 6.07) is 9.44. The van der Waals surface area contributed by atoms with Gasteiger partial charge in [0, 0.05) is 18.0 Å². The van der Waals surface area contributed by atoms with E-state index in [2.05, 4.69) is 43.4 Å². The molecule has 1 aromatic carbocycles. The second kappa shape index (κ2) is 7.31. The summed E-state index contributed by atoms with van der Waals surface area (Å²) in [5.74, 6) is 0.607. The molecule has 2 unspecified atom stereocenters. The Labute approximate surface area is 122 Å². The van der Waals surface area contributed by atoms with E-state index in [1.807, 2.05) is 0 Å². The van der Waals surface area contributed by atoms with E-state index in [1.165, 1.54) is 36.8 Å². The quantitative estimate of drug-likeness (QED) is 0.614. The highest BCUT2D eigenvalue weighted by atomic mass is 35.5. The van der Waals surface area contributed by atoms with Gasteiger partial charge in [0.15, 0.2) is 0 Å². The van der Waals surface area contributed by atoms with Gasteiger partial charge >= 0.3 is 0 Å². The fraction of sp³-hybridized carbons (Fsp3) is 0.647. The largest absolute Gasteiger partial charge is 0.308 e. The summed E-state index contributed by atoms with van der Waals surface area (Å²) in [5.41, 5.74) is 2.77. The molecule has 0 radical (unpaired) electrons. The molecular formula is C17H26ClN. The first-order valence-electron chi connectivity index (χ1n) is 7.63. The van der Waals surface area contributed by atoms with Crippen molar-refractivity contribution in [2.75, 3.05) is 0 Å². The van der Waals surface area contributed by atoms with Crippen LogP contribution in [0.3, 0.4) is 0 Å². The van der Waals surface area contributed by atoms with Gasteiger partial charge in [0.25, 0.3) is 0 Å². The normalized spacial score (nSPS) is 24.4. The van der Waals surface area contributed by atoms with E-state index in [0.29, 0.717) is 17.3 Å². The minimum Gasteiger partial charge on any atom is -0.308 e. The third kappa shape index (κ3) is 4.50. The van der Waals surface area contributed by atoms with Gasteiger partial charge in [-0.1, -0.05) is 57.4 Å². The average Bonchev–Trinajstić information content (AvgIpc) is 2.61. The number of rotatable bonds is 4. The van der Waals surface area contributed by atoms with E-state index in [4.69, 9.17) is 11.6 Å². The fourth-order valence-electron chi connectivity index (χ4n) is 2.76. The van der Waals surface area contributed by atoms with E-state index >= 15 is 0 Å². The van der Waals surface area contributed by atoms with Gasteiger partial charge in [-0.15, -0.1) is 11.6 Å². The van der Waals surface area contributed by atoms with Crippen LogP contribution in [-0.2, 0) is 6.54 Å². The predicted molar refractivity (Wildman–Crippen MR) is 83.9 cm³/mol. The van der Waals surface area contributed by atoms with E-state index < -0.39 is 0 Å². The van der Waals surface area contributed by atoms with E-state index in [1.54, 1.807) is 0 Å². The summed E-state index contributed by atoms with van der Waals surface area (Å²) >= 11 is 6.46. The summed E-state index contributed by atoms with van der Waals surface area (Å²) in [6.45, 7) is 5.40. The average molecular weight is 280 g/mol. The molecule has 0 spiro atoms. The van der Waals surface area contributed by atoms with Crippen LogP contribution in [0, 0.1) is 0 Å². The zero-order valence-corrected chi connectivity index (χ0v) is 12.9. The maximum absolute atomic E-state index is 6.46. The second-order valence-corrected chi connectivity index (χ2v) is 6.60. The van der Waals surface area contributed by atoms with Crippen LogP contribution in [0.25, 0.3) is 0 Å². The molecule has 1 nitrogen and oxygen atoms in total. The Morgan fingerprint density at radius 3 is 2.47 bits per heavy atom. The van der Waals surface area contributed by atoms with Crippen LogP contribution in [-0.4, -0.2) is 11.4 Å². The first-order chi connectivity index (χ1) is 9.16. The highest BCUT2D eigenvalue weighted by Gasteiger charge is 2.20. The Morgan fingerprint density at radius 1 is 1.11 bits per heavy atom. The van der Waals surface area contributed by atoms with Crippen molar-refractivity contribution in [2.24, 2.45) is 0 Å². The molecule has 0 aromatic heterocycles. The zero-order chi connectivity index (χ0) is 13.7. The monoisotopic (exact) mass is 279 g/mol. The molecule has 1 fully saturated rings. The van der Waals surface area contributed by atoms with E-state index in [9.17, 15) is 0 Å². The first kappa shape index (κ1) is 14.9. The minimum absolute atomic E-state index is 0.303. The van der Waals surface area contributed by atoms with Crippen LogP contribution in [0.2, 0.25) is 0 Å². The van der Waals surface area contributed by atoms with Crippen molar-refractivity contribution in [3.8, 4) is 0 Å². The molecule has 0 saturated heterocycles. The van der Waals surface area contributed by atoms with Gasteiger partial charge in [-0.25, -0.2) is 0 Å². The molecule has 1 aliphatic carbocycles. The molecule has 19 heavy (non-hydrogen) atoms. The molecule has 2 heteroatoms. The summed E-state index contributed by atoms with van der Waals surface area (Å²) in [5, 5.41) is 3.95.